The fraction of sp³-hybridized carbons (Fsp3) is 0.250. The van der Waals surface area contributed by atoms with Crippen molar-refractivity contribution in [1.29, 1.82) is 0 Å². The molecule has 0 amide bonds. The Labute approximate surface area is 88.4 Å². The van der Waals surface area contributed by atoms with E-state index in [-0.39, 0.29) is 12.2 Å². The molecular weight excluding hydrogens is 190 g/mol. The van der Waals surface area contributed by atoms with Gasteiger partial charge in [0.05, 0.1) is 11.8 Å². The van der Waals surface area contributed by atoms with Gasteiger partial charge in [0.15, 0.2) is 5.78 Å². The van der Waals surface area contributed by atoms with Gasteiger partial charge in [0.1, 0.15) is 0 Å². The van der Waals surface area contributed by atoms with Crippen molar-refractivity contribution < 1.29 is 9.90 Å². The molecule has 1 aliphatic rings. The van der Waals surface area contributed by atoms with Crippen LogP contribution >= 0.6 is 0 Å². The van der Waals surface area contributed by atoms with Crippen molar-refractivity contribution in [2.75, 3.05) is 5.32 Å². The second-order valence-corrected chi connectivity index (χ2v) is 3.77. The number of nitrogens with one attached hydrogen (secondary N) is 1. The lowest BCUT2D eigenvalue weighted by atomic mass is 10.2. The van der Waals surface area contributed by atoms with E-state index in [1.54, 1.807) is 6.08 Å². The third kappa shape index (κ3) is 2.25. The van der Waals surface area contributed by atoms with Gasteiger partial charge < -0.3 is 10.4 Å². The predicted molar refractivity (Wildman–Crippen MR) is 58.5 cm³/mol. The molecule has 1 unspecified atom stereocenters. The number of rotatable bonds is 2. The number of Topliss-reactive ketones (excluding diaryl/α,β-unsaturated/α-hetero) is 1. The van der Waals surface area contributed by atoms with Crippen LogP contribution in [0.2, 0.25) is 0 Å². The number of hydrogen-bond acceptors (Lipinski definition) is 3. The van der Waals surface area contributed by atoms with Gasteiger partial charge in [0.25, 0.3) is 0 Å². The number of hydrogen-bond donors (Lipinski definition) is 2. The number of aryl methyl sites for hydroxylation is 1. The first kappa shape index (κ1) is 9.93. The van der Waals surface area contributed by atoms with Gasteiger partial charge in [-0.2, -0.15) is 0 Å². The minimum absolute atomic E-state index is 0.0388. The molecule has 0 heterocycles. The predicted octanol–water partition coefficient (Wildman–Crippen LogP) is 1.62. The van der Waals surface area contributed by atoms with Gasteiger partial charge in [-0.05, 0) is 25.1 Å². The summed E-state index contributed by atoms with van der Waals surface area (Å²) in [4.78, 5) is 11.4. The first-order valence-electron chi connectivity index (χ1n) is 4.92. The molecule has 0 bridgehead atoms. The highest BCUT2D eigenvalue weighted by Gasteiger charge is 2.21. The number of ketones is 1. The molecule has 0 fully saturated rings. The Morgan fingerprint density at radius 3 is 2.53 bits per heavy atom. The summed E-state index contributed by atoms with van der Waals surface area (Å²) in [5, 5.41) is 12.3. The highest BCUT2D eigenvalue weighted by atomic mass is 16.3. The van der Waals surface area contributed by atoms with E-state index >= 15 is 0 Å². The third-order valence-electron chi connectivity index (χ3n) is 2.38. The van der Waals surface area contributed by atoms with E-state index in [1.165, 1.54) is 5.56 Å². The van der Waals surface area contributed by atoms with Crippen molar-refractivity contribution in [3.8, 4) is 0 Å². The number of benzene rings is 1. The summed E-state index contributed by atoms with van der Waals surface area (Å²) in [6.07, 6.45) is 1.11. The van der Waals surface area contributed by atoms with Gasteiger partial charge in [-0.3, -0.25) is 4.79 Å². The molecule has 78 valence electrons. The summed E-state index contributed by atoms with van der Waals surface area (Å²) in [5.74, 6) is -0.0388. The molecule has 1 aliphatic carbocycles. The van der Waals surface area contributed by atoms with Crippen LogP contribution in [0.25, 0.3) is 0 Å². The summed E-state index contributed by atoms with van der Waals surface area (Å²) in [6.45, 7) is 2.01. The van der Waals surface area contributed by atoms with Crippen LogP contribution in [-0.2, 0) is 4.79 Å². The monoisotopic (exact) mass is 203 g/mol. The number of anilines is 1. The zero-order valence-corrected chi connectivity index (χ0v) is 8.53. The van der Waals surface area contributed by atoms with Gasteiger partial charge in [-0.15, -0.1) is 0 Å². The smallest absolute Gasteiger partial charge is 0.181 e. The maximum Gasteiger partial charge on any atom is 0.181 e. The molecule has 2 N–H and O–H groups in total. The van der Waals surface area contributed by atoms with Gasteiger partial charge in [-0.25, -0.2) is 0 Å². The van der Waals surface area contributed by atoms with Crippen LogP contribution in [0, 0.1) is 6.92 Å². The Bertz CT molecular complexity index is 406. The lowest BCUT2D eigenvalue weighted by molar-refractivity contribution is -0.115. The molecule has 1 aromatic rings. The third-order valence-corrected chi connectivity index (χ3v) is 2.38. The van der Waals surface area contributed by atoms with E-state index < -0.39 is 6.10 Å². The molecule has 0 radical (unpaired) electrons. The molecule has 15 heavy (non-hydrogen) atoms. The first-order chi connectivity index (χ1) is 7.15. The van der Waals surface area contributed by atoms with Crippen molar-refractivity contribution in [3.05, 3.63) is 41.6 Å². The summed E-state index contributed by atoms with van der Waals surface area (Å²) in [7, 11) is 0. The second-order valence-electron chi connectivity index (χ2n) is 3.77. The first-order valence-corrected chi connectivity index (χ1v) is 4.92. The standard InChI is InChI=1S/C12H13NO2/c1-8-2-4-9(5-3-8)13-11-6-10(14)7-12(11)15/h2-6,10,13-14H,7H2,1H3. The normalized spacial score (nSPS) is 20.3. The average molecular weight is 203 g/mol. The Morgan fingerprint density at radius 1 is 1.33 bits per heavy atom. The van der Waals surface area contributed by atoms with E-state index in [4.69, 9.17) is 0 Å². The molecule has 2 rings (SSSR count). The molecule has 3 nitrogen and oxygen atoms in total. The van der Waals surface area contributed by atoms with Crippen molar-refractivity contribution in [1.82, 2.24) is 0 Å². The van der Waals surface area contributed by atoms with Crippen LogP contribution < -0.4 is 5.32 Å². The molecule has 0 spiro atoms. The van der Waals surface area contributed by atoms with Gasteiger partial charge in [0.2, 0.25) is 0 Å². The maximum absolute atomic E-state index is 11.4. The van der Waals surface area contributed by atoms with Crippen molar-refractivity contribution in [2.45, 2.75) is 19.4 Å². The summed E-state index contributed by atoms with van der Waals surface area (Å²) in [6, 6.07) is 7.76. The largest absolute Gasteiger partial charge is 0.388 e. The Morgan fingerprint density at radius 2 is 2.00 bits per heavy atom. The molecule has 1 atom stereocenters. The highest BCUT2D eigenvalue weighted by molar-refractivity contribution is 6.00. The van der Waals surface area contributed by atoms with Gasteiger partial charge >= 0.3 is 0 Å². The molecule has 0 aliphatic heterocycles. The summed E-state index contributed by atoms with van der Waals surface area (Å²) in [5.41, 5.74) is 2.54. The van der Waals surface area contributed by atoms with Crippen LogP contribution in [0.1, 0.15) is 12.0 Å². The van der Waals surface area contributed by atoms with Crippen molar-refractivity contribution in [3.63, 3.8) is 0 Å². The minimum atomic E-state index is -0.634. The van der Waals surface area contributed by atoms with Crippen LogP contribution in [0.5, 0.6) is 0 Å². The number of aliphatic hydroxyl groups is 1. The summed E-state index contributed by atoms with van der Waals surface area (Å²) >= 11 is 0. The Kier molecular flexibility index (Phi) is 2.56. The average Bonchev–Trinajstić information content (AvgIpc) is 2.49. The van der Waals surface area contributed by atoms with Crippen molar-refractivity contribution >= 4 is 11.5 Å². The fourth-order valence-electron chi connectivity index (χ4n) is 1.55. The Hall–Kier alpha value is -1.61. The number of allylic oxidation sites excluding steroid dienone is 1. The van der Waals surface area contributed by atoms with E-state index in [0.29, 0.717) is 5.70 Å². The molecule has 0 saturated carbocycles. The second kappa shape index (κ2) is 3.87. The van der Waals surface area contributed by atoms with Crippen LogP contribution in [0.3, 0.4) is 0 Å². The lowest BCUT2D eigenvalue weighted by Gasteiger charge is -2.05. The van der Waals surface area contributed by atoms with Crippen LogP contribution in [0.15, 0.2) is 36.0 Å². The van der Waals surface area contributed by atoms with E-state index in [0.717, 1.165) is 5.69 Å². The van der Waals surface area contributed by atoms with Crippen molar-refractivity contribution in [2.24, 2.45) is 0 Å². The quantitative estimate of drug-likeness (QED) is 0.768. The lowest BCUT2D eigenvalue weighted by Crippen LogP contribution is -2.07. The minimum Gasteiger partial charge on any atom is -0.388 e. The van der Waals surface area contributed by atoms with E-state index in [2.05, 4.69) is 5.32 Å². The molecule has 0 aromatic heterocycles. The number of aliphatic hydroxyl groups excluding tert-OH is 1. The zero-order chi connectivity index (χ0) is 10.8. The number of carbonyl (C=O) groups is 1. The number of carbonyl (C=O) groups excluding carboxylic acids is 1. The molecule has 1 aromatic carbocycles. The fourth-order valence-corrected chi connectivity index (χ4v) is 1.55. The summed E-state index contributed by atoms with van der Waals surface area (Å²) < 4.78 is 0. The topological polar surface area (TPSA) is 49.3 Å². The Balaban J connectivity index is 2.12. The van der Waals surface area contributed by atoms with E-state index in [1.807, 2.05) is 31.2 Å². The van der Waals surface area contributed by atoms with E-state index in [9.17, 15) is 9.90 Å². The van der Waals surface area contributed by atoms with Crippen LogP contribution in [-0.4, -0.2) is 17.0 Å². The molecular formula is C12H13NO2. The van der Waals surface area contributed by atoms with Crippen LogP contribution in [0.4, 0.5) is 5.69 Å². The molecule has 3 heteroatoms. The zero-order valence-electron chi connectivity index (χ0n) is 8.53. The van der Waals surface area contributed by atoms with Gasteiger partial charge in [0, 0.05) is 12.1 Å². The maximum atomic E-state index is 11.4. The SMILES string of the molecule is Cc1ccc(NC2=CC(O)CC2=O)cc1. The molecule has 0 saturated heterocycles. The van der Waals surface area contributed by atoms with Gasteiger partial charge in [-0.1, -0.05) is 17.7 Å². The highest BCUT2D eigenvalue weighted by Crippen LogP contribution is 2.18.